The molecular formula is C12H15N5O. The maximum Gasteiger partial charge on any atom is 0.252 e. The first-order chi connectivity index (χ1) is 8.56. The molecule has 1 atom stereocenters. The summed E-state index contributed by atoms with van der Waals surface area (Å²) in [6, 6.07) is 4.56. The summed E-state index contributed by atoms with van der Waals surface area (Å²) in [5.74, 6) is 0.457. The van der Waals surface area contributed by atoms with Crippen LogP contribution in [0.15, 0.2) is 30.6 Å². The number of aromatic amines is 1. The average Bonchev–Trinajstić information content (AvgIpc) is 2.80. The van der Waals surface area contributed by atoms with Crippen molar-refractivity contribution in [3.05, 3.63) is 42.0 Å². The zero-order valence-corrected chi connectivity index (χ0v) is 9.97. The highest BCUT2D eigenvalue weighted by Crippen LogP contribution is 2.15. The van der Waals surface area contributed by atoms with Crippen molar-refractivity contribution in [3.8, 4) is 0 Å². The number of amides is 1. The van der Waals surface area contributed by atoms with E-state index < -0.39 is 0 Å². The molecule has 6 heteroatoms. The van der Waals surface area contributed by atoms with Gasteiger partial charge in [-0.15, -0.1) is 0 Å². The minimum absolute atomic E-state index is 0.213. The van der Waals surface area contributed by atoms with Crippen LogP contribution >= 0.6 is 0 Å². The Labute approximate surface area is 104 Å². The van der Waals surface area contributed by atoms with E-state index >= 15 is 0 Å². The largest absolute Gasteiger partial charge is 0.399 e. The molecule has 0 fully saturated rings. The lowest BCUT2D eigenvalue weighted by Crippen LogP contribution is -2.27. The van der Waals surface area contributed by atoms with Crippen molar-refractivity contribution in [1.29, 1.82) is 0 Å². The molecule has 1 unspecified atom stereocenters. The van der Waals surface area contributed by atoms with Crippen molar-refractivity contribution in [2.75, 3.05) is 11.5 Å². The van der Waals surface area contributed by atoms with Gasteiger partial charge in [0.25, 0.3) is 5.91 Å². The van der Waals surface area contributed by atoms with Gasteiger partial charge in [0, 0.05) is 29.3 Å². The number of hydrogen-bond donors (Lipinski definition) is 4. The molecule has 0 spiro atoms. The highest BCUT2D eigenvalue weighted by atomic mass is 16.1. The minimum atomic E-state index is -0.238. The highest BCUT2D eigenvalue weighted by Gasteiger charge is 2.13. The van der Waals surface area contributed by atoms with Crippen molar-refractivity contribution in [2.24, 2.45) is 0 Å². The number of H-pyrrole nitrogens is 1. The quantitative estimate of drug-likeness (QED) is 0.606. The molecule has 2 aromatic rings. The Kier molecular flexibility index (Phi) is 3.18. The molecule has 2 rings (SSSR count). The average molecular weight is 245 g/mol. The van der Waals surface area contributed by atoms with Crippen molar-refractivity contribution in [3.63, 3.8) is 0 Å². The van der Waals surface area contributed by atoms with Gasteiger partial charge in [0.2, 0.25) is 0 Å². The number of nitrogens with two attached hydrogens (primary N) is 2. The molecule has 1 amide bonds. The van der Waals surface area contributed by atoms with Gasteiger partial charge in [0.1, 0.15) is 5.82 Å². The number of carbonyl (C=O) groups is 1. The number of nitrogens with zero attached hydrogens (tertiary/aromatic N) is 1. The monoisotopic (exact) mass is 245 g/mol. The van der Waals surface area contributed by atoms with E-state index in [9.17, 15) is 4.79 Å². The van der Waals surface area contributed by atoms with Gasteiger partial charge in [-0.25, -0.2) is 4.98 Å². The van der Waals surface area contributed by atoms with Crippen molar-refractivity contribution >= 4 is 17.3 Å². The van der Waals surface area contributed by atoms with Gasteiger partial charge in [-0.3, -0.25) is 4.79 Å². The fourth-order valence-electron chi connectivity index (χ4n) is 1.67. The number of nitrogens with one attached hydrogen (secondary N) is 2. The molecule has 0 saturated carbocycles. The van der Waals surface area contributed by atoms with E-state index in [2.05, 4.69) is 15.3 Å². The van der Waals surface area contributed by atoms with Gasteiger partial charge in [0.15, 0.2) is 0 Å². The number of imidazole rings is 1. The predicted octanol–water partition coefficient (Wildman–Crippen LogP) is 1.07. The van der Waals surface area contributed by atoms with Gasteiger partial charge in [-0.05, 0) is 25.1 Å². The maximum atomic E-state index is 12.0. The zero-order valence-electron chi connectivity index (χ0n) is 9.97. The van der Waals surface area contributed by atoms with Crippen LogP contribution in [0.4, 0.5) is 11.4 Å². The first-order valence-electron chi connectivity index (χ1n) is 5.52. The van der Waals surface area contributed by atoms with Crippen LogP contribution in [0.3, 0.4) is 0 Å². The molecule has 6 N–H and O–H groups in total. The lowest BCUT2D eigenvalue weighted by molar-refractivity contribution is 0.0938. The molecule has 0 radical (unpaired) electrons. The number of rotatable bonds is 3. The smallest absolute Gasteiger partial charge is 0.252 e. The molecule has 0 aliphatic carbocycles. The zero-order chi connectivity index (χ0) is 13.1. The molecule has 18 heavy (non-hydrogen) atoms. The number of anilines is 2. The third-order valence-corrected chi connectivity index (χ3v) is 2.52. The van der Waals surface area contributed by atoms with Crippen LogP contribution in [0, 0.1) is 0 Å². The topological polar surface area (TPSA) is 110 Å². The Morgan fingerprint density at radius 3 is 2.56 bits per heavy atom. The van der Waals surface area contributed by atoms with Crippen LogP contribution in [0.25, 0.3) is 0 Å². The lowest BCUT2D eigenvalue weighted by Gasteiger charge is -2.12. The fraction of sp³-hybridized carbons (Fsp3) is 0.167. The van der Waals surface area contributed by atoms with Crippen LogP contribution < -0.4 is 16.8 Å². The standard InChI is InChI=1S/C12H15N5O/c1-7(11-15-2-3-16-11)17-12(18)8-4-9(13)6-10(14)5-8/h2-7H,13-14H2,1H3,(H,15,16)(H,17,18). The summed E-state index contributed by atoms with van der Waals surface area (Å²) in [5.41, 5.74) is 12.7. The second-order valence-corrected chi connectivity index (χ2v) is 4.06. The number of aromatic nitrogens is 2. The second kappa shape index (κ2) is 4.79. The van der Waals surface area contributed by atoms with Gasteiger partial charge in [-0.1, -0.05) is 0 Å². The van der Waals surface area contributed by atoms with E-state index in [1.807, 2.05) is 6.92 Å². The Morgan fingerprint density at radius 2 is 2.00 bits per heavy atom. The molecule has 6 nitrogen and oxygen atoms in total. The summed E-state index contributed by atoms with van der Waals surface area (Å²) >= 11 is 0. The van der Waals surface area contributed by atoms with E-state index in [4.69, 9.17) is 11.5 Å². The number of hydrogen-bond acceptors (Lipinski definition) is 4. The van der Waals surface area contributed by atoms with Gasteiger partial charge >= 0.3 is 0 Å². The Balaban J connectivity index is 2.12. The fourth-order valence-corrected chi connectivity index (χ4v) is 1.67. The summed E-state index contributed by atoms with van der Waals surface area (Å²) in [5, 5.41) is 2.81. The SMILES string of the molecule is CC(NC(=O)c1cc(N)cc(N)c1)c1ncc[nH]1. The third kappa shape index (κ3) is 2.60. The Hall–Kier alpha value is -2.50. The summed E-state index contributed by atoms with van der Waals surface area (Å²) in [6.45, 7) is 1.84. The summed E-state index contributed by atoms with van der Waals surface area (Å²) in [4.78, 5) is 19.0. The third-order valence-electron chi connectivity index (χ3n) is 2.52. The molecular weight excluding hydrogens is 230 g/mol. The minimum Gasteiger partial charge on any atom is -0.399 e. The van der Waals surface area contributed by atoms with E-state index in [0.717, 1.165) is 0 Å². The summed E-state index contributed by atoms with van der Waals surface area (Å²) in [7, 11) is 0. The van der Waals surface area contributed by atoms with Gasteiger partial charge in [0.05, 0.1) is 6.04 Å². The Bertz CT molecular complexity index is 529. The van der Waals surface area contributed by atoms with E-state index in [1.54, 1.807) is 30.6 Å². The molecule has 94 valence electrons. The van der Waals surface area contributed by atoms with Gasteiger partial charge < -0.3 is 21.8 Å². The number of benzene rings is 1. The van der Waals surface area contributed by atoms with Crippen molar-refractivity contribution in [2.45, 2.75) is 13.0 Å². The lowest BCUT2D eigenvalue weighted by atomic mass is 10.1. The summed E-state index contributed by atoms with van der Waals surface area (Å²) < 4.78 is 0. The number of nitrogen functional groups attached to an aromatic ring is 2. The van der Waals surface area contributed by atoms with E-state index in [-0.39, 0.29) is 11.9 Å². The molecule has 1 aromatic heterocycles. The molecule has 1 aromatic carbocycles. The van der Waals surface area contributed by atoms with Crippen LogP contribution in [0.5, 0.6) is 0 Å². The first kappa shape index (κ1) is 12.0. The van der Waals surface area contributed by atoms with E-state index in [0.29, 0.717) is 22.8 Å². The second-order valence-electron chi connectivity index (χ2n) is 4.06. The first-order valence-corrected chi connectivity index (χ1v) is 5.52. The molecule has 0 aliphatic heterocycles. The molecule has 1 heterocycles. The Morgan fingerprint density at radius 1 is 1.33 bits per heavy atom. The van der Waals surface area contributed by atoms with Crippen LogP contribution in [-0.4, -0.2) is 15.9 Å². The maximum absolute atomic E-state index is 12.0. The molecule has 0 aliphatic rings. The normalized spacial score (nSPS) is 12.1. The molecule has 0 saturated heterocycles. The van der Waals surface area contributed by atoms with Crippen LogP contribution in [-0.2, 0) is 0 Å². The van der Waals surface area contributed by atoms with Gasteiger partial charge in [-0.2, -0.15) is 0 Å². The number of carbonyl (C=O) groups excluding carboxylic acids is 1. The van der Waals surface area contributed by atoms with Crippen molar-refractivity contribution in [1.82, 2.24) is 15.3 Å². The highest BCUT2D eigenvalue weighted by molar-refractivity contribution is 5.96. The summed E-state index contributed by atoms with van der Waals surface area (Å²) in [6.07, 6.45) is 3.34. The van der Waals surface area contributed by atoms with E-state index in [1.165, 1.54) is 0 Å². The van der Waals surface area contributed by atoms with Crippen LogP contribution in [0.1, 0.15) is 29.1 Å². The van der Waals surface area contributed by atoms with Crippen LogP contribution in [0.2, 0.25) is 0 Å². The van der Waals surface area contributed by atoms with Crippen molar-refractivity contribution < 1.29 is 4.79 Å². The molecule has 0 bridgehead atoms. The predicted molar refractivity (Wildman–Crippen MR) is 69.7 cm³/mol.